The molecule has 6 nitrogen and oxygen atoms in total. The van der Waals surface area contributed by atoms with Gasteiger partial charge in [-0.3, -0.25) is 0 Å². The predicted octanol–water partition coefficient (Wildman–Crippen LogP) is 8.09. The van der Waals surface area contributed by atoms with Crippen LogP contribution in [0.5, 0.6) is 0 Å². The fourth-order valence-electron chi connectivity index (χ4n) is 1.60. The first-order valence-corrected chi connectivity index (χ1v) is 12.3. The third-order valence-corrected chi connectivity index (χ3v) is 2.98. The van der Waals surface area contributed by atoms with Gasteiger partial charge in [-0.1, -0.05) is 83.1 Å². The minimum absolute atomic E-state index is 0.436. The monoisotopic (exact) mass is 470 g/mol. The highest BCUT2D eigenvalue weighted by Gasteiger charge is 1.98. The summed E-state index contributed by atoms with van der Waals surface area (Å²) in [5.74, 6) is 2.66. The van der Waals surface area contributed by atoms with E-state index in [2.05, 4.69) is 85.5 Å². The van der Waals surface area contributed by atoms with Crippen molar-refractivity contribution in [1.29, 1.82) is 0 Å². The summed E-state index contributed by atoms with van der Waals surface area (Å²) in [6, 6.07) is 7.51. The van der Waals surface area contributed by atoms with Crippen molar-refractivity contribution in [2.45, 2.75) is 102 Å². The molecule has 0 radical (unpaired) electrons. The Morgan fingerprint density at radius 1 is 0.618 bits per heavy atom. The third-order valence-electron chi connectivity index (χ3n) is 2.98. The van der Waals surface area contributed by atoms with E-state index in [1.807, 2.05) is 52.8 Å². The average Bonchev–Trinajstić information content (AvgIpc) is 2.83. The molecule has 0 saturated heterocycles. The molecular formula is C28H50N6. The summed E-state index contributed by atoms with van der Waals surface area (Å²) < 4.78 is 0. The SMILES string of the molecule is CC.CC.CC(C)(C)C.CC(C)c1cccnn1.CC(C)c1ncccn1.Cc1ncccn1. The molecule has 0 bridgehead atoms. The highest BCUT2D eigenvalue weighted by Crippen LogP contribution is 2.08. The smallest absolute Gasteiger partial charge is 0.130 e. The van der Waals surface area contributed by atoms with E-state index in [9.17, 15) is 0 Å². The van der Waals surface area contributed by atoms with E-state index in [0.717, 1.165) is 17.3 Å². The van der Waals surface area contributed by atoms with Crippen molar-refractivity contribution >= 4 is 0 Å². The van der Waals surface area contributed by atoms with Crippen LogP contribution in [0.3, 0.4) is 0 Å². The molecule has 0 fully saturated rings. The van der Waals surface area contributed by atoms with Gasteiger partial charge in [-0.05, 0) is 42.5 Å². The largest absolute Gasteiger partial charge is 0.242 e. The first kappa shape index (κ1) is 35.8. The number of aryl methyl sites for hydroxylation is 1. The molecule has 192 valence electrons. The molecule has 6 heteroatoms. The van der Waals surface area contributed by atoms with Crippen LogP contribution in [0.25, 0.3) is 0 Å². The summed E-state index contributed by atoms with van der Waals surface area (Å²) in [6.45, 7) is 27.0. The summed E-state index contributed by atoms with van der Waals surface area (Å²) in [5.41, 5.74) is 1.55. The second-order valence-electron chi connectivity index (χ2n) is 8.86. The second-order valence-corrected chi connectivity index (χ2v) is 8.86. The number of hydrogen-bond acceptors (Lipinski definition) is 6. The Labute approximate surface area is 210 Å². The Morgan fingerprint density at radius 2 is 1.03 bits per heavy atom. The van der Waals surface area contributed by atoms with E-state index in [1.54, 1.807) is 37.1 Å². The van der Waals surface area contributed by atoms with Crippen LogP contribution in [-0.4, -0.2) is 30.1 Å². The summed E-state index contributed by atoms with van der Waals surface area (Å²) >= 11 is 0. The first-order valence-electron chi connectivity index (χ1n) is 12.3. The molecule has 0 saturated carbocycles. The van der Waals surface area contributed by atoms with Crippen LogP contribution in [-0.2, 0) is 0 Å². The molecule has 0 spiro atoms. The Kier molecular flexibility index (Phi) is 24.7. The number of hydrogen-bond donors (Lipinski definition) is 0. The maximum atomic E-state index is 4.07. The molecule has 3 aromatic rings. The zero-order chi connectivity index (χ0) is 27.0. The van der Waals surface area contributed by atoms with Crippen LogP contribution < -0.4 is 0 Å². The van der Waals surface area contributed by atoms with E-state index in [4.69, 9.17) is 0 Å². The van der Waals surface area contributed by atoms with Gasteiger partial charge < -0.3 is 0 Å². The van der Waals surface area contributed by atoms with Crippen LogP contribution in [0.4, 0.5) is 0 Å². The quantitative estimate of drug-likeness (QED) is 0.376. The van der Waals surface area contributed by atoms with Crippen molar-refractivity contribution in [2.24, 2.45) is 5.41 Å². The summed E-state index contributed by atoms with van der Waals surface area (Å²) in [4.78, 5) is 15.9. The maximum absolute atomic E-state index is 4.07. The Hall–Kier alpha value is -2.76. The van der Waals surface area contributed by atoms with Gasteiger partial charge in [-0.2, -0.15) is 10.2 Å². The Bertz CT molecular complexity index is 706. The lowest BCUT2D eigenvalue weighted by Crippen LogP contribution is -1.93. The van der Waals surface area contributed by atoms with Crippen molar-refractivity contribution < 1.29 is 0 Å². The molecule has 0 amide bonds. The second kappa shape index (κ2) is 23.4. The number of nitrogens with zero attached hydrogens (tertiary/aromatic N) is 6. The molecule has 0 aliphatic carbocycles. The molecule has 3 rings (SSSR count). The van der Waals surface area contributed by atoms with Crippen LogP contribution >= 0.6 is 0 Å². The predicted molar refractivity (Wildman–Crippen MR) is 147 cm³/mol. The van der Waals surface area contributed by atoms with Gasteiger partial charge in [0.2, 0.25) is 0 Å². The molecule has 0 aliphatic heterocycles. The van der Waals surface area contributed by atoms with Gasteiger partial charge in [0, 0.05) is 36.9 Å². The lowest BCUT2D eigenvalue weighted by Gasteiger charge is -2.05. The lowest BCUT2D eigenvalue weighted by molar-refractivity contribution is 0.469. The van der Waals surface area contributed by atoms with E-state index in [1.165, 1.54) is 0 Å². The minimum atomic E-state index is 0.436. The van der Waals surface area contributed by atoms with E-state index in [0.29, 0.717) is 17.3 Å². The molecule has 0 aromatic carbocycles. The van der Waals surface area contributed by atoms with E-state index >= 15 is 0 Å². The topological polar surface area (TPSA) is 77.3 Å². The molecule has 0 atom stereocenters. The molecule has 34 heavy (non-hydrogen) atoms. The fourth-order valence-corrected chi connectivity index (χ4v) is 1.60. The maximum Gasteiger partial charge on any atom is 0.130 e. The Morgan fingerprint density at radius 3 is 1.24 bits per heavy atom. The van der Waals surface area contributed by atoms with E-state index < -0.39 is 0 Å². The zero-order valence-electron chi connectivity index (χ0n) is 24.0. The van der Waals surface area contributed by atoms with Gasteiger partial charge in [-0.15, -0.1) is 0 Å². The van der Waals surface area contributed by atoms with E-state index in [-0.39, 0.29) is 0 Å². The first-order chi connectivity index (χ1) is 16.0. The van der Waals surface area contributed by atoms with Gasteiger partial charge >= 0.3 is 0 Å². The van der Waals surface area contributed by atoms with Crippen molar-refractivity contribution in [1.82, 2.24) is 30.1 Å². The molecule has 0 N–H and O–H groups in total. The Balaban J connectivity index is -0.000000366. The highest BCUT2D eigenvalue weighted by molar-refractivity contribution is 5.03. The van der Waals surface area contributed by atoms with Crippen molar-refractivity contribution in [3.8, 4) is 0 Å². The fraction of sp³-hybridized carbons (Fsp3) is 0.571. The van der Waals surface area contributed by atoms with Crippen LogP contribution in [0.1, 0.15) is 112 Å². The summed E-state index contributed by atoms with van der Waals surface area (Å²) in [6.07, 6.45) is 8.67. The standard InChI is InChI=1S/2C7H10N2.C5H6N2.C5H12.2C2H6/c1-6(2)7-8-4-3-5-9-7;1-6(2)7-4-3-5-8-9-7;1-5-6-3-2-4-7-5;1-5(2,3)4;2*1-2/h2*3-6H,1-2H3;2-4H,1H3;1-4H3;2*1-2H3. The molecule has 0 aliphatic rings. The summed E-state index contributed by atoms with van der Waals surface area (Å²) in [5, 5.41) is 7.68. The van der Waals surface area contributed by atoms with Crippen molar-refractivity contribution in [3.63, 3.8) is 0 Å². The number of rotatable bonds is 2. The molecular weight excluding hydrogens is 420 g/mol. The van der Waals surface area contributed by atoms with Crippen LogP contribution in [0.15, 0.2) is 55.2 Å². The third kappa shape index (κ3) is 27.3. The van der Waals surface area contributed by atoms with Gasteiger partial charge in [0.15, 0.2) is 0 Å². The van der Waals surface area contributed by atoms with Crippen molar-refractivity contribution in [3.05, 3.63) is 72.6 Å². The van der Waals surface area contributed by atoms with Gasteiger partial charge in [0.1, 0.15) is 11.6 Å². The molecule has 3 heterocycles. The van der Waals surface area contributed by atoms with Crippen LogP contribution in [0.2, 0.25) is 0 Å². The van der Waals surface area contributed by atoms with Gasteiger partial charge in [-0.25, -0.2) is 19.9 Å². The minimum Gasteiger partial charge on any atom is -0.242 e. The molecule has 3 aromatic heterocycles. The lowest BCUT2D eigenvalue weighted by atomic mass is 10.0. The van der Waals surface area contributed by atoms with Crippen molar-refractivity contribution in [2.75, 3.05) is 0 Å². The highest BCUT2D eigenvalue weighted by atomic mass is 15.1. The van der Waals surface area contributed by atoms with Crippen LogP contribution in [0, 0.1) is 12.3 Å². The normalized spacial score (nSPS) is 9.26. The van der Waals surface area contributed by atoms with Gasteiger partial charge in [0.05, 0.1) is 5.69 Å². The number of aromatic nitrogens is 6. The molecule has 0 unspecified atom stereocenters. The van der Waals surface area contributed by atoms with Gasteiger partial charge in [0.25, 0.3) is 0 Å². The zero-order valence-corrected chi connectivity index (χ0v) is 24.0. The average molecular weight is 471 g/mol. The summed E-state index contributed by atoms with van der Waals surface area (Å²) in [7, 11) is 0.